The molecule has 0 unspecified atom stereocenters. The SMILES string of the molecule is CN(CCc1ccncc1)Cc1ccc(Br)cc1N. The van der Waals surface area contributed by atoms with Gasteiger partial charge in [-0.25, -0.2) is 0 Å². The number of nitrogens with two attached hydrogens (primary N) is 1. The van der Waals surface area contributed by atoms with Gasteiger partial charge in [0.25, 0.3) is 0 Å². The summed E-state index contributed by atoms with van der Waals surface area (Å²) in [6, 6.07) is 10.2. The minimum Gasteiger partial charge on any atom is -0.398 e. The molecule has 0 saturated carbocycles. The largest absolute Gasteiger partial charge is 0.398 e. The molecule has 0 aliphatic carbocycles. The van der Waals surface area contributed by atoms with Crippen LogP contribution in [0.3, 0.4) is 0 Å². The first-order valence-electron chi connectivity index (χ1n) is 6.26. The average Bonchev–Trinajstić information content (AvgIpc) is 2.41. The van der Waals surface area contributed by atoms with Gasteiger partial charge in [-0.2, -0.15) is 0 Å². The molecule has 0 aliphatic rings. The van der Waals surface area contributed by atoms with E-state index >= 15 is 0 Å². The average molecular weight is 320 g/mol. The number of likely N-dealkylation sites (N-methyl/N-ethyl adjacent to an activating group) is 1. The number of pyridine rings is 1. The van der Waals surface area contributed by atoms with Gasteiger partial charge >= 0.3 is 0 Å². The molecular formula is C15H18BrN3. The van der Waals surface area contributed by atoms with Gasteiger partial charge in [0.05, 0.1) is 0 Å². The van der Waals surface area contributed by atoms with Crippen molar-refractivity contribution in [2.24, 2.45) is 0 Å². The Morgan fingerprint density at radius 2 is 1.95 bits per heavy atom. The second-order valence-electron chi connectivity index (χ2n) is 4.69. The minimum atomic E-state index is 0.838. The van der Waals surface area contributed by atoms with Gasteiger partial charge in [-0.05, 0) is 48.9 Å². The van der Waals surface area contributed by atoms with E-state index in [2.05, 4.69) is 51.1 Å². The van der Waals surface area contributed by atoms with Crippen LogP contribution in [0, 0.1) is 0 Å². The second-order valence-corrected chi connectivity index (χ2v) is 5.60. The smallest absolute Gasteiger partial charge is 0.0371 e. The molecule has 1 aromatic carbocycles. The van der Waals surface area contributed by atoms with Crippen molar-refractivity contribution in [1.29, 1.82) is 0 Å². The second kappa shape index (κ2) is 6.68. The van der Waals surface area contributed by atoms with Crippen molar-refractivity contribution in [2.45, 2.75) is 13.0 Å². The highest BCUT2D eigenvalue weighted by molar-refractivity contribution is 9.10. The van der Waals surface area contributed by atoms with Crippen molar-refractivity contribution in [2.75, 3.05) is 19.3 Å². The van der Waals surface area contributed by atoms with Gasteiger partial charge in [0, 0.05) is 35.6 Å². The maximum Gasteiger partial charge on any atom is 0.0371 e. The van der Waals surface area contributed by atoms with Crippen LogP contribution in [-0.2, 0) is 13.0 Å². The first kappa shape index (κ1) is 14.0. The minimum absolute atomic E-state index is 0.838. The van der Waals surface area contributed by atoms with Gasteiger partial charge in [0.15, 0.2) is 0 Å². The zero-order valence-corrected chi connectivity index (χ0v) is 12.6. The molecule has 4 heteroatoms. The summed E-state index contributed by atoms with van der Waals surface area (Å²) in [5, 5.41) is 0. The third kappa shape index (κ3) is 4.33. The van der Waals surface area contributed by atoms with Crippen LogP contribution in [0.25, 0.3) is 0 Å². The normalized spacial score (nSPS) is 10.9. The molecule has 0 fully saturated rings. The Kier molecular flexibility index (Phi) is 4.93. The van der Waals surface area contributed by atoms with E-state index in [4.69, 9.17) is 5.73 Å². The summed E-state index contributed by atoms with van der Waals surface area (Å²) in [7, 11) is 2.11. The molecule has 19 heavy (non-hydrogen) atoms. The van der Waals surface area contributed by atoms with Crippen molar-refractivity contribution in [3.63, 3.8) is 0 Å². The van der Waals surface area contributed by atoms with E-state index in [1.54, 1.807) is 0 Å². The van der Waals surface area contributed by atoms with E-state index in [9.17, 15) is 0 Å². The van der Waals surface area contributed by atoms with Gasteiger partial charge in [-0.1, -0.05) is 22.0 Å². The molecule has 1 heterocycles. The number of aromatic nitrogens is 1. The molecule has 2 N–H and O–H groups in total. The van der Waals surface area contributed by atoms with E-state index in [0.29, 0.717) is 0 Å². The summed E-state index contributed by atoms with van der Waals surface area (Å²) in [5.41, 5.74) is 9.33. The zero-order valence-electron chi connectivity index (χ0n) is 11.0. The fourth-order valence-electron chi connectivity index (χ4n) is 1.95. The number of nitrogens with zero attached hydrogens (tertiary/aromatic N) is 2. The highest BCUT2D eigenvalue weighted by Gasteiger charge is 2.04. The lowest BCUT2D eigenvalue weighted by molar-refractivity contribution is 0.331. The van der Waals surface area contributed by atoms with Gasteiger partial charge in [0.1, 0.15) is 0 Å². The van der Waals surface area contributed by atoms with Crippen molar-refractivity contribution in [1.82, 2.24) is 9.88 Å². The monoisotopic (exact) mass is 319 g/mol. The third-order valence-electron chi connectivity index (χ3n) is 3.08. The molecule has 0 saturated heterocycles. The third-order valence-corrected chi connectivity index (χ3v) is 3.57. The lowest BCUT2D eigenvalue weighted by Gasteiger charge is -2.18. The molecule has 3 nitrogen and oxygen atoms in total. The van der Waals surface area contributed by atoms with Crippen molar-refractivity contribution in [3.05, 3.63) is 58.3 Å². The van der Waals surface area contributed by atoms with Crippen LogP contribution in [-0.4, -0.2) is 23.5 Å². The number of halogens is 1. The zero-order chi connectivity index (χ0) is 13.7. The highest BCUT2D eigenvalue weighted by Crippen LogP contribution is 2.19. The first-order chi connectivity index (χ1) is 9.15. The van der Waals surface area contributed by atoms with Crippen LogP contribution in [0.5, 0.6) is 0 Å². The maximum absolute atomic E-state index is 6.01. The number of benzene rings is 1. The van der Waals surface area contributed by atoms with Crippen molar-refractivity contribution < 1.29 is 0 Å². The summed E-state index contributed by atoms with van der Waals surface area (Å²) in [4.78, 5) is 6.30. The molecular weight excluding hydrogens is 302 g/mol. The predicted molar refractivity (Wildman–Crippen MR) is 82.8 cm³/mol. The molecule has 0 bridgehead atoms. The number of hydrogen-bond acceptors (Lipinski definition) is 3. The van der Waals surface area contributed by atoms with Crippen LogP contribution in [0.4, 0.5) is 5.69 Å². The van der Waals surface area contributed by atoms with E-state index in [-0.39, 0.29) is 0 Å². The van der Waals surface area contributed by atoms with Crippen LogP contribution < -0.4 is 5.73 Å². The van der Waals surface area contributed by atoms with E-state index in [0.717, 1.165) is 29.7 Å². The summed E-state index contributed by atoms with van der Waals surface area (Å²) in [6.45, 7) is 1.86. The summed E-state index contributed by atoms with van der Waals surface area (Å²) >= 11 is 3.42. The fraction of sp³-hybridized carbons (Fsp3) is 0.267. The lowest BCUT2D eigenvalue weighted by atomic mass is 10.1. The van der Waals surface area contributed by atoms with Crippen LogP contribution in [0.15, 0.2) is 47.2 Å². The summed E-state index contributed by atoms with van der Waals surface area (Å²) in [5.74, 6) is 0. The quantitative estimate of drug-likeness (QED) is 0.861. The Morgan fingerprint density at radius 3 is 2.63 bits per heavy atom. The van der Waals surface area contributed by atoms with Gasteiger partial charge in [-0.3, -0.25) is 4.98 Å². The molecule has 0 aliphatic heterocycles. The summed E-state index contributed by atoms with van der Waals surface area (Å²) in [6.07, 6.45) is 4.69. The van der Waals surface area contributed by atoms with E-state index in [1.807, 2.05) is 24.5 Å². The first-order valence-corrected chi connectivity index (χ1v) is 7.06. The maximum atomic E-state index is 6.01. The van der Waals surface area contributed by atoms with Gasteiger partial charge in [0.2, 0.25) is 0 Å². The van der Waals surface area contributed by atoms with Crippen molar-refractivity contribution in [3.8, 4) is 0 Å². The number of rotatable bonds is 5. The Morgan fingerprint density at radius 1 is 1.21 bits per heavy atom. The standard InChI is InChI=1S/C15H18BrN3/c1-19(9-6-12-4-7-18-8-5-12)11-13-2-3-14(16)10-15(13)17/h2-5,7-8,10H,6,9,11,17H2,1H3. The Bertz CT molecular complexity index is 528. The molecule has 2 rings (SSSR count). The number of anilines is 1. The van der Waals surface area contributed by atoms with E-state index in [1.165, 1.54) is 11.1 Å². The Labute approximate surface area is 122 Å². The Balaban J connectivity index is 1.89. The molecule has 2 aromatic rings. The predicted octanol–water partition coefficient (Wildman–Crippen LogP) is 3.10. The number of nitrogen functional groups attached to an aromatic ring is 1. The molecule has 0 spiro atoms. The molecule has 0 radical (unpaired) electrons. The number of hydrogen-bond donors (Lipinski definition) is 1. The topological polar surface area (TPSA) is 42.2 Å². The Hall–Kier alpha value is -1.39. The van der Waals surface area contributed by atoms with Crippen LogP contribution >= 0.6 is 15.9 Å². The van der Waals surface area contributed by atoms with Gasteiger partial charge in [-0.15, -0.1) is 0 Å². The van der Waals surface area contributed by atoms with Crippen LogP contribution in [0.2, 0.25) is 0 Å². The molecule has 0 atom stereocenters. The highest BCUT2D eigenvalue weighted by atomic mass is 79.9. The van der Waals surface area contributed by atoms with Crippen LogP contribution in [0.1, 0.15) is 11.1 Å². The van der Waals surface area contributed by atoms with Crippen molar-refractivity contribution >= 4 is 21.6 Å². The fourth-order valence-corrected chi connectivity index (χ4v) is 2.33. The summed E-state index contributed by atoms with van der Waals surface area (Å²) < 4.78 is 1.02. The van der Waals surface area contributed by atoms with E-state index < -0.39 is 0 Å². The molecule has 0 amide bonds. The molecule has 100 valence electrons. The van der Waals surface area contributed by atoms with Gasteiger partial charge < -0.3 is 10.6 Å². The molecule has 1 aromatic heterocycles. The lowest BCUT2D eigenvalue weighted by Crippen LogP contribution is -2.21.